The smallest absolute Gasteiger partial charge is 0.282 e. The van der Waals surface area contributed by atoms with E-state index in [1.165, 1.54) is 54.9 Å². The summed E-state index contributed by atoms with van der Waals surface area (Å²) in [5.74, 6) is -6.66. The molecule has 178 valence electrons. The number of anilines is 1. The highest BCUT2D eigenvalue weighted by Crippen LogP contribution is 2.49. The third-order valence-corrected chi connectivity index (χ3v) is 7.06. The normalized spacial score (nSPS) is 15.0. The molecule has 0 atom stereocenters. The lowest BCUT2D eigenvalue weighted by atomic mass is 10.0. The van der Waals surface area contributed by atoms with E-state index in [0.29, 0.717) is 5.52 Å². The molecule has 0 spiro atoms. The molecule has 1 aliphatic heterocycles. The first-order valence-corrected chi connectivity index (χ1v) is 11.9. The Bertz CT molecular complexity index is 1430. The number of halogens is 2. The van der Waals surface area contributed by atoms with E-state index in [2.05, 4.69) is 9.97 Å². The lowest BCUT2D eigenvalue weighted by Gasteiger charge is -2.38. The first kappa shape index (κ1) is 23.3. The molecule has 35 heavy (non-hydrogen) atoms. The van der Waals surface area contributed by atoms with Crippen LogP contribution in [0, 0.1) is 6.92 Å². The van der Waals surface area contributed by atoms with Crippen molar-refractivity contribution in [2.24, 2.45) is 0 Å². The highest BCUT2D eigenvalue weighted by molar-refractivity contribution is 7.99. The zero-order valence-corrected chi connectivity index (χ0v) is 19.5. The molecule has 1 amide bonds. The van der Waals surface area contributed by atoms with E-state index in [-0.39, 0.29) is 39.4 Å². The third kappa shape index (κ3) is 4.16. The van der Waals surface area contributed by atoms with E-state index in [1.807, 2.05) is 19.1 Å². The van der Waals surface area contributed by atoms with Gasteiger partial charge in [-0.1, -0.05) is 30.3 Å². The summed E-state index contributed by atoms with van der Waals surface area (Å²) in [4.78, 5) is 22.9. The number of benzene rings is 2. The van der Waals surface area contributed by atoms with Crippen LogP contribution in [0.2, 0.25) is 0 Å². The number of aryl methyl sites for hydroxylation is 1. The van der Waals surface area contributed by atoms with Crippen molar-refractivity contribution in [1.82, 2.24) is 9.97 Å². The lowest BCUT2D eigenvalue weighted by Crippen LogP contribution is -2.50. The van der Waals surface area contributed by atoms with Gasteiger partial charge in [0.2, 0.25) is 0 Å². The zero-order chi connectivity index (χ0) is 24.8. The molecule has 0 saturated heterocycles. The van der Waals surface area contributed by atoms with Crippen LogP contribution >= 0.6 is 11.8 Å². The number of rotatable bonds is 4. The maximum atomic E-state index is 14.7. The van der Waals surface area contributed by atoms with Gasteiger partial charge in [0.15, 0.2) is 0 Å². The van der Waals surface area contributed by atoms with E-state index >= 15 is 0 Å². The number of fused-ring (bicyclic) bond motifs is 2. The van der Waals surface area contributed by atoms with Gasteiger partial charge in [-0.25, -0.2) is 8.78 Å². The van der Waals surface area contributed by atoms with Crippen LogP contribution in [-0.4, -0.2) is 31.8 Å². The summed E-state index contributed by atoms with van der Waals surface area (Å²) < 4.78 is 29.5. The van der Waals surface area contributed by atoms with Crippen LogP contribution in [0.15, 0.2) is 78.0 Å². The summed E-state index contributed by atoms with van der Waals surface area (Å²) in [6, 6.07) is 15.4. The van der Waals surface area contributed by atoms with Crippen molar-refractivity contribution in [3.63, 3.8) is 0 Å². The summed E-state index contributed by atoms with van der Waals surface area (Å²) in [5.41, 5.74) is 0.991. The van der Waals surface area contributed by atoms with Gasteiger partial charge in [0, 0.05) is 51.7 Å². The summed E-state index contributed by atoms with van der Waals surface area (Å²) >= 11 is 1.15. The number of pyridine rings is 2. The predicted octanol–water partition coefficient (Wildman–Crippen LogP) is 4.97. The van der Waals surface area contributed by atoms with Gasteiger partial charge in [0.05, 0.1) is 16.8 Å². The highest BCUT2D eigenvalue weighted by Gasteiger charge is 2.44. The fraction of sp³-hybridized carbons (Fsp3) is 0.192. The molecule has 1 aliphatic rings. The van der Waals surface area contributed by atoms with E-state index in [9.17, 15) is 23.8 Å². The maximum Gasteiger partial charge on any atom is 0.282 e. The summed E-state index contributed by atoms with van der Waals surface area (Å²) in [5, 5.41) is 23.8. The van der Waals surface area contributed by atoms with Crippen molar-refractivity contribution in [2.45, 2.75) is 30.1 Å². The molecule has 4 aromatic rings. The molecule has 0 fully saturated rings. The molecule has 0 unspecified atom stereocenters. The molecule has 2 N–H and O–H groups in total. The van der Waals surface area contributed by atoms with E-state index < -0.39 is 17.7 Å². The van der Waals surface area contributed by atoms with Crippen LogP contribution in [0.3, 0.4) is 0 Å². The quantitative estimate of drug-likeness (QED) is 0.391. The number of hydrogen-bond acceptors (Lipinski definition) is 6. The molecule has 2 aromatic carbocycles. The van der Waals surface area contributed by atoms with E-state index in [0.717, 1.165) is 27.7 Å². The Hall–Kier alpha value is -3.40. The molecule has 6 nitrogen and oxygen atoms in total. The van der Waals surface area contributed by atoms with Gasteiger partial charge in [0.1, 0.15) is 0 Å². The molecule has 2 aromatic heterocycles. The maximum absolute atomic E-state index is 14.7. The molecule has 9 heteroatoms. The van der Waals surface area contributed by atoms with Gasteiger partial charge in [-0.15, -0.1) is 11.8 Å². The van der Waals surface area contributed by atoms with Crippen LogP contribution in [0.1, 0.15) is 33.6 Å². The number of carbonyl (C=O) groups excluding carboxylic acids is 1. The number of hydrogen-bond donors (Lipinski definition) is 2. The molecule has 0 aliphatic carbocycles. The first-order chi connectivity index (χ1) is 16.7. The molecule has 0 saturated carbocycles. The second-order valence-electron chi connectivity index (χ2n) is 8.33. The van der Waals surface area contributed by atoms with Gasteiger partial charge in [0.25, 0.3) is 17.7 Å². The molecule has 0 radical (unpaired) electrons. The minimum atomic E-state index is -3.10. The second-order valence-corrected chi connectivity index (χ2v) is 9.44. The van der Waals surface area contributed by atoms with Crippen LogP contribution in [-0.2, 0) is 11.8 Å². The van der Waals surface area contributed by atoms with Crippen LogP contribution < -0.4 is 4.90 Å². The number of alkyl halides is 2. The number of carbonyl (C=O) groups is 1. The average Bonchev–Trinajstić information content (AvgIpc) is 2.84. The Kier molecular flexibility index (Phi) is 5.79. The summed E-state index contributed by atoms with van der Waals surface area (Å²) in [7, 11) is 0. The lowest BCUT2D eigenvalue weighted by molar-refractivity contribution is -0.163. The Morgan fingerprint density at radius 1 is 1.11 bits per heavy atom. The largest absolute Gasteiger partial charge is 0.345 e. The van der Waals surface area contributed by atoms with Gasteiger partial charge in [-0.3, -0.25) is 19.7 Å². The predicted molar refractivity (Wildman–Crippen MR) is 129 cm³/mol. The average molecular weight is 494 g/mol. The standard InChI is InChI=1S/C26H21F2N3O3S/c1-16-7-8-17-9-10-19(14-21(17)30-16)26(33,34)31(24(32)18-4-3-12-29-15-18)22-6-2-5-20-23(22)35-13-11-25(20,27)28/h2-10,12,14-15,33-34H,11,13H2,1H3. The van der Waals surface area contributed by atoms with Crippen molar-refractivity contribution in [1.29, 1.82) is 0 Å². The minimum absolute atomic E-state index is 0.0250. The van der Waals surface area contributed by atoms with Gasteiger partial charge in [-0.2, -0.15) is 0 Å². The van der Waals surface area contributed by atoms with Crippen molar-refractivity contribution in [3.05, 3.63) is 95.4 Å². The SMILES string of the molecule is Cc1ccc2ccc(C(O)(O)N(C(=O)c3cccnc3)c3cccc4c3SCCC4(F)F)cc2n1. The molecule has 0 bridgehead atoms. The summed E-state index contributed by atoms with van der Waals surface area (Å²) in [6.07, 6.45) is 2.42. The van der Waals surface area contributed by atoms with E-state index in [1.54, 1.807) is 6.07 Å². The fourth-order valence-electron chi connectivity index (χ4n) is 4.15. The number of aliphatic hydroxyl groups is 2. The number of nitrogens with zero attached hydrogens (tertiary/aromatic N) is 3. The number of aromatic nitrogens is 2. The first-order valence-electron chi connectivity index (χ1n) is 10.9. The number of thioether (sulfide) groups is 1. The molecule has 5 rings (SSSR count). The van der Waals surface area contributed by atoms with Crippen molar-refractivity contribution in [2.75, 3.05) is 10.7 Å². The Morgan fingerprint density at radius 2 is 1.91 bits per heavy atom. The molecule has 3 heterocycles. The Labute approximate surface area is 204 Å². The van der Waals surface area contributed by atoms with Crippen molar-refractivity contribution in [3.8, 4) is 0 Å². The van der Waals surface area contributed by atoms with Crippen LogP contribution in [0.5, 0.6) is 0 Å². The van der Waals surface area contributed by atoms with E-state index in [4.69, 9.17) is 0 Å². The highest BCUT2D eigenvalue weighted by atomic mass is 32.2. The Balaban J connectivity index is 1.72. The third-order valence-electron chi connectivity index (χ3n) is 5.93. The second kappa shape index (κ2) is 8.67. The minimum Gasteiger partial charge on any atom is -0.345 e. The Morgan fingerprint density at radius 3 is 2.69 bits per heavy atom. The van der Waals surface area contributed by atoms with Gasteiger partial charge < -0.3 is 10.2 Å². The number of amides is 1. The fourth-order valence-corrected chi connectivity index (χ4v) is 5.39. The van der Waals surface area contributed by atoms with Crippen molar-refractivity contribution >= 4 is 34.3 Å². The summed E-state index contributed by atoms with van der Waals surface area (Å²) in [6.45, 7) is 1.81. The van der Waals surface area contributed by atoms with Crippen LogP contribution in [0.25, 0.3) is 10.9 Å². The zero-order valence-electron chi connectivity index (χ0n) is 18.7. The molecular weight excluding hydrogens is 472 g/mol. The molecular formula is C26H21F2N3O3S. The van der Waals surface area contributed by atoms with Crippen molar-refractivity contribution < 1.29 is 23.8 Å². The topological polar surface area (TPSA) is 86.5 Å². The van der Waals surface area contributed by atoms with Gasteiger partial charge >= 0.3 is 0 Å². The van der Waals surface area contributed by atoms with Gasteiger partial charge in [-0.05, 0) is 37.3 Å². The van der Waals surface area contributed by atoms with Crippen LogP contribution in [0.4, 0.5) is 14.5 Å². The monoisotopic (exact) mass is 493 g/mol.